The molecule has 1 aliphatic heterocycles. The van der Waals surface area contributed by atoms with Gasteiger partial charge < -0.3 is 15.5 Å². The van der Waals surface area contributed by atoms with Crippen LogP contribution in [0.3, 0.4) is 0 Å². The Bertz CT molecular complexity index is 815. The van der Waals surface area contributed by atoms with Crippen LogP contribution in [0.5, 0.6) is 0 Å². The molecule has 0 unspecified atom stereocenters. The zero-order valence-electron chi connectivity index (χ0n) is 16.9. The molecule has 2 rings (SSSR count). The number of anilines is 1. The zero-order valence-corrected chi connectivity index (χ0v) is 17.7. The van der Waals surface area contributed by atoms with Crippen molar-refractivity contribution in [1.82, 2.24) is 10.2 Å². The van der Waals surface area contributed by atoms with Crippen LogP contribution in [-0.2, 0) is 9.59 Å². The number of thioether (sulfide) groups is 1. The molecule has 1 heterocycles. The van der Waals surface area contributed by atoms with E-state index in [9.17, 15) is 14.4 Å². The Labute approximate surface area is 176 Å². The quantitative estimate of drug-likeness (QED) is 0.531. The molecule has 29 heavy (non-hydrogen) atoms. The van der Waals surface area contributed by atoms with E-state index in [4.69, 9.17) is 0 Å². The van der Waals surface area contributed by atoms with E-state index in [0.29, 0.717) is 24.3 Å². The Morgan fingerprint density at radius 3 is 2.45 bits per heavy atom. The summed E-state index contributed by atoms with van der Waals surface area (Å²) >= 11 is 1.46. The predicted octanol–water partition coefficient (Wildman–Crippen LogP) is 3.21. The molecule has 1 fully saturated rings. The van der Waals surface area contributed by atoms with Crippen LogP contribution >= 0.6 is 11.8 Å². The maximum Gasteiger partial charge on any atom is 0.253 e. The first-order valence-corrected chi connectivity index (χ1v) is 10.7. The number of likely N-dealkylation sites (tertiary alicyclic amines) is 1. The standard InChI is InChI=1S/C22H27N3O3S/c1-4-5-6-7-20(26)23-18-10-8-17(9-11-18)22(28)25-14-16(2)19(15-25)24-21(27)12-13-29-3/h4-13,16,19H,14-15H2,1-3H3,(H,23,26)(H,24,27)/b5-4+,7-6+,13-12+/t16-,19-/m1/s1. The van der Waals surface area contributed by atoms with Crippen molar-refractivity contribution in [3.8, 4) is 0 Å². The molecule has 1 aromatic rings. The SMILES string of the molecule is C/C=C/C=C/C(=O)Nc1ccc(C(=O)N2C[C@@H](C)[C@H](NC(=O)/C=C/SC)C2)cc1. The third-order valence-corrected chi connectivity index (χ3v) is 4.94. The van der Waals surface area contributed by atoms with E-state index in [1.165, 1.54) is 23.9 Å². The summed E-state index contributed by atoms with van der Waals surface area (Å²) in [7, 11) is 0. The predicted molar refractivity (Wildman–Crippen MR) is 119 cm³/mol. The molecule has 0 bridgehead atoms. The molecule has 0 saturated carbocycles. The molecule has 2 atom stereocenters. The Morgan fingerprint density at radius 2 is 1.79 bits per heavy atom. The Morgan fingerprint density at radius 1 is 1.07 bits per heavy atom. The van der Waals surface area contributed by atoms with Gasteiger partial charge in [0.05, 0.1) is 6.04 Å². The average molecular weight is 414 g/mol. The number of rotatable bonds is 7. The van der Waals surface area contributed by atoms with E-state index in [-0.39, 0.29) is 29.7 Å². The Hall–Kier alpha value is -2.80. The lowest BCUT2D eigenvalue weighted by Gasteiger charge is -2.17. The number of hydrogen-bond acceptors (Lipinski definition) is 4. The highest BCUT2D eigenvalue weighted by molar-refractivity contribution is 8.01. The van der Waals surface area contributed by atoms with Gasteiger partial charge in [-0.1, -0.05) is 25.2 Å². The first-order chi connectivity index (χ1) is 13.9. The van der Waals surface area contributed by atoms with Crippen molar-refractivity contribution in [1.29, 1.82) is 0 Å². The van der Waals surface area contributed by atoms with Gasteiger partial charge in [0, 0.05) is 36.5 Å². The lowest BCUT2D eigenvalue weighted by molar-refractivity contribution is -0.117. The highest BCUT2D eigenvalue weighted by Crippen LogP contribution is 2.20. The molecule has 6 nitrogen and oxygen atoms in total. The van der Waals surface area contributed by atoms with Crippen molar-refractivity contribution >= 4 is 35.2 Å². The van der Waals surface area contributed by atoms with Gasteiger partial charge in [0.1, 0.15) is 0 Å². The Kier molecular flexibility index (Phi) is 8.73. The van der Waals surface area contributed by atoms with Crippen molar-refractivity contribution in [2.24, 2.45) is 5.92 Å². The van der Waals surface area contributed by atoms with Crippen LogP contribution in [0.2, 0.25) is 0 Å². The number of amides is 3. The third-order valence-electron chi connectivity index (χ3n) is 4.53. The summed E-state index contributed by atoms with van der Waals surface area (Å²) in [6.45, 7) is 4.96. The minimum absolute atomic E-state index is 0.0690. The number of allylic oxidation sites excluding steroid dienone is 3. The summed E-state index contributed by atoms with van der Waals surface area (Å²) in [6, 6.07) is 6.75. The van der Waals surface area contributed by atoms with Gasteiger partial charge in [-0.15, -0.1) is 11.8 Å². The fourth-order valence-electron chi connectivity index (χ4n) is 3.00. The minimum Gasteiger partial charge on any atom is -0.348 e. The van der Waals surface area contributed by atoms with Crippen LogP contribution in [0, 0.1) is 5.92 Å². The van der Waals surface area contributed by atoms with Crippen LogP contribution in [0.1, 0.15) is 24.2 Å². The highest BCUT2D eigenvalue weighted by atomic mass is 32.2. The first kappa shape index (κ1) is 22.5. The van der Waals surface area contributed by atoms with Crippen LogP contribution in [0.15, 0.2) is 60.1 Å². The van der Waals surface area contributed by atoms with Gasteiger partial charge >= 0.3 is 0 Å². The number of hydrogen-bond donors (Lipinski definition) is 2. The normalized spacial score (nSPS) is 19.3. The van der Waals surface area contributed by atoms with Gasteiger partial charge in [-0.2, -0.15) is 0 Å². The molecular weight excluding hydrogens is 386 g/mol. The summed E-state index contributed by atoms with van der Waals surface area (Å²) in [4.78, 5) is 38.2. The smallest absolute Gasteiger partial charge is 0.253 e. The van der Waals surface area contributed by atoms with Gasteiger partial charge in [-0.25, -0.2) is 0 Å². The van der Waals surface area contributed by atoms with Crippen LogP contribution in [-0.4, -0.2) is 48.0 Å². The summed E-state index contributed by atoms with van der Waals surface area (Å²) in [6.07, 6.45) is 10.1. The molecule has 7 heteroatoms. The molecule has 0 aromatic heterocycles. The molecule has 154 valence electrons. The monoisotopic (exact) mass is 413 g/mol. The van der Waals surface area contributed by atoms with E-state index in [1.54, 1.807) is 46.7 Å². The Balaban J connectivity index is 1.94. The highest BCUT2D eigenvalue weighted by Gasteiger charge is 2.33. The van der Waals surface area contributed by atoms with Crippen molar-refractivity contribution in [3.63, 3.8) is 0 Å². The van der Waals surface area contributed by atoms with Crippen LogP contribution in [0.25, 0.3) is 0 Å². The molecule has 0 aliphatic carbocycles. The van der Waals surface area contributed by atoms with Crippen molar-refractivity contribution in [2.75, 3.05) is 24.7 Å². The molecule has 1 aromatic carbocycles. The zero-order chi connectivity index (χ0) is 21.2. The summed E-state index contributed by atoms with van der Waals surface area (Å²) in [5.41, 5.74) is 1.17. The van der Waals surface area contributed by atoms with Gasteiger partial charge in [-0.3, -0.25) is 14.4 Å². The largest absolute Gasteiger partial charge is 0.348 e. The van der Waals surface area contributed by atoms with E-state index in [2.05, 4.69) is 10.6 Å². The molecule has 3 amide bonds. The fourth-order valence-corrected chi connectivity index (χ4v) is 3.26. The number of nitrogens with zero attached hydrogens (tertiary/aromatic N) is 1. The number of benzene rings is 1. The topological polar surface area (TPSA) is 78.5 Å². The number of nitrogens with one attached hydrogen (secondary N) is 2. The molecule has 0 spiro atoms. The lowest BCUT2D eigenvalue weighted by Crippen LogP contribution is -2.39. The second-order valence-electron chi connectivity index (χ2n) is 6.79. The summed E-state index contributed by atoms with van der Waals surface area (Å²) < 4.78 is 0. The summed E-state index contributed by atoms with van der Waals surface area (Å²) in [5.74, 6) is -0.286. The maximum atomic E-state index is 12.8. The number of carbonyl (C=O) groups excluding carboxylic acids is 3. The van der Waals surface area contributed by atoms with Crippen molar-refractivity contribution in [2.45, 2.75) is 19.9 Å². The first-order valence-electron chi connectivity index (χ1n) is 9.44. The van der Waals surface area contributed by atoms with Gasteiger partial charge in [0.15, 0.2) is 0 Å². The van der Waals surface area contributed by atoms with Crippen LogP contribution in [0.4, 0.5) is 5.69 Å². The van der Waals surface area contributed by atoms with E-state index in [0.717, 1.165) is 0 Å². The van der Waals surface area contributed by atoms with Gasteiger partial charge in [-0.05, 0) is 48.8 Å². The third kappa shape index (κ3) is 6.94. The molecular formula is C22H27N3O3S. The van der Waals surface area contributed by atoms with E-state index < -0.39 is 0 Å². The molecule has 1 saturated heterocycles. The van der Waals surface area contributed by atoms with Crippen molar-refractivity contribution < 1.29 is 14.4 Å². The van der Waals surface area contributed by atoms with E-state index in [1.807, 2.05) is 26.2 Å². The lowest BCUT2D eigenvalue weighted by atomic mass is 10.1. The fraction of sp³-hybridized carbons (Fsp3) is 0.318. The molecule has 0 radical (unpaired) electrons. The second kappa shape index (κ2) is 11.3. The van der Waals surface area contributed by atoms with Gasteiger partial charge in [0.25, 0.3) is 5.91 Å². The van der Waals surface area contributed by atoms with E-state index >= 15 is 0 Å². The maximum absolute atomic E-state index is 12.8. The minimum atomic E-state index is -0.232. The average Bonchev–Trinajstić information content (AvgIpc) is 3.07. The second-order valence-corrected chi connectivity index (χ2v) is 7.54. The summed E-state index contributed by atoms with van der Waals surface area (Å²) in [5, 5.41) is 7.44. The van der Waals surface area contributed by atoms with Crippen LogP contribution < -0.4 is 10.6 Å². The van der Waals surface area contributed by atoms with Gasteiger partial charge in [0.2, 0.25) is 11.8 Å². The number of carbonyl (C=O) groups is 3. The molecule has 1 aliphatic rings. The molecule has 2 N–H and O–H groups in total. The van der Waals surface area contributed by atoms with Crippen molar-refractivity contribution in [3.05, 3.63) is 65.6 Å².